The number of carbonyl (C=O) groups excluding carboxylic acids is 1. The van der Waals surface area contributed by atoms with E-state index in [4.69, 9.17) is 5.53 Å². The maximum Gasteiger partial charge on any atom is 0.282 e. The number of hydrogen-bond donors (Lipinski definition) is 1. The highest BCUT2D eigenvalue weighted by molar-refractivity contribution is 5.99. The molecular weight excluding hydrogens is 262 g/mol. The number of aryl methyl sites for hydroxylation is 1. The lowest BCUT2D eigenvalue weighted by molar-refractivity contribution is -0.385. The summed E-state index contributed by atoms with van der Waals surface area (Å²) >= 11 is 0. The molecule has 0 aromatic heterocycles. The number of benzene rings is 1. The van der Waals surface area contributed by atoms with Gasteiger partial charge in [0.2, 0.25) is 0 Å². The molecule has 106 valence electrons. The molecule has 1 rings (SSSR count). The molecule has 0 radical (unpaired) electrons. The van der Waals surface area contributed by atoms with Gasteiger partial charge in [-0.25, -0.2) is 0 Å². The largest absolute Gasteiger partial charge is 0.352 e. The number of nitrogens with one attached hydrogen (secondary N) is 1. The standard InChI is InChI=1S/C12H15N5O3/c1-9-5-4-6-10(17(19)20)11(9)12(18)14-7-2-3-8-15-16-13/h4-6H,2-3,7-8H2,1H3,(H,14,18). The Morgan fingerprint density at radius 2 is 2.25 bits per heavy atom. The first-order chi connectivity index (χ1) is 9.57. The second kappa shape index (κ2) is 7.75. The van der Waals surface area contributed by atoms with Gasteiger partial charge in [0.1, 0.15) is 5.56 Å². The van der Waals surface area contributed by atoms with Crippen molar-refractivity contribution in [2.45, 2.75) is 19.8 Å². The predicted molar refractivity (Wildman–Crippen MR) is 73.4 cm³/mol. The van der Waals surface area contributed by atoms with E-state index in [1.807, 2.05) is 0 Å². The average Bonchev–Trinajstić information content (AvgIpc) is 2.42. The minimum atomic E-state index is -0.566. The zero-order chi connectivity index (χ0) is 15.0. The number of carbonyl (C=O) groups is 1. The Morgan fingerprint density at radius 1 is 1.50 bits per heavy atom. The lowest BCUT2D eigenvalue weighted by atomic mass is 10.1. The predicted octanol–water partition coefficient (Wildman–Crippen LogP) is 2.72. The van der Waals surface area contributed by atoms with Gasteiger partial charge in [-0.05, 0) is 30.9 Å². The van der Waals surface area contributed by atoms with Crippen molar-refractivity contribution in [3.63, 3.8) is 0 Å². The third-order valence-electron chi connectivity index (χ3n) is 2.71. The lowest BCUT2D eigenvalue weighted by Crippen LogP contribution is -2.26. The fourth-order valence-corrected chi connectivity index (χ4v) is 1.74. The summed E-state index contributed by atoms with van der Waals surface area (Å²) in [7, 11) is 0. The molecule has 0 aliphatic heterocycles. The minimum absolute atomic E-state index is 0.0903. The molecule has 0 spiro atoms. The summed E-state index contributed by atoms with van der Waals surface area (Å²) in [4.78, 5) is 24.9. The molecule has 0 aliphatic carbocycles. The average molecular weight is 277 g/mol. The van der Waals surface area contributed by atoms with Crippen LogP contribution in [0.3, 0.4) is 0 Å². The third kappa shape index (κ3) is 4.25. The number of nitro benzene ring substituents is 1. The van der Waals surface area contributed by atoms with E-state index in [1.165, 1.54) is 6.07 Å². The van der Waals surface area contributed by atoms with E-state index in [9.17, 15) is 14.9 Å². The van der Waals surface area contributed by atoms with Crippen LogP contribution in [-0.4, -0.2) is 23.9 Å². The van der Waals surface area contributed by atoms with E-state index in [2.05, 4.69) is 15.3 Å². The van der Waals surface area contributed by atoms with Crippen molar-refractivity contribution in [2.75, 3.05) is 13.1 Å². The van der Waals surface area contributed by atoms with Crippen molar-refractivity contribution in [1.82, 2.24) is 5.32 Å². The summed E-state index contributed by atoms with van der Waals surface area (Å²) in [6.45, 7) is 2.41. The van der Waals surface area contributed by atoms with Gasteiger partial charge in [-0.2, -0.15) is 0 Å². The molecule has 0 aliphatic rings. The van der Waals surface area contributed by atoms with Crippen LogP contribution >= 0.6 is 0 Å². The molecule has 1 N–H and O–H groups in total. The molecule has 0 unspecified atom stereocenters. The first-order valence-electron chi connectivity index (χ1n) is 6.11. The summed E-state index contributed by atoms with van der Waals surface area (Å²) < 4.78 is 0. The van der Waals surface area contributed by atoms with Crippen LogP contribution in [0.15, 0.2) is 23.3 Å². The van der Waals surface area contributed by atoms with Crippen LogP contribution in [-0.2, 0) is 0 Å². The summed E-state index contributed by atoms with van der Waals surface area (Å²) in [6, 6.07) is 4.51. The summed E-state index contributed by atoms with van der Waals surface area (Å²) in [5.74, 6) is -0.460. The van der Waals surface area contributed by atoms with Crippen LogP contribution < -0.4 is 5.32 Å². The Hall–Kier alpha value is -2.60. The number of nitrogens with zero attached hydrogens (tertiary/aromatic N) is 4. The number of amides is 1. The number of rotatable bonds is 7. The Balaban J connectivity index is 2.64. The second-order valence-electron chi connectivity index (χ2n) is 4.14. The van der Waals surface area contributed by atoms with Crippen molar-refractivity contribution in [2.24, 2.45) is 5.11 Å². The molecule has 0 heterocycles. The maximum absolute atomic E-state index is 12.0. The molecule has 8 nitrogen and oxygen atoms in total. The van der Waals surface area contributed by atoms with Crippen LogP contribution in [0.5, 0.6) is 0 Å². The Bertz CT molecular complexity index is 552. The van der Waals surface area contributed by atoms with Crippen molar-refractivity contribution in [1.29, 1.82) is 0 Å². The fraction of sp³-hybridized carbons (Fsp3) is 0.417. The molecule has 0 bridgehead atoms. The molecule has 20 heavy (non-hydrogen) atoms. The normalized spacial score (nSPS) is 9.65. The van der Waals surface area contributed by atoms with E-state index in [0.29, 0.717) is 31.5 Å². The van der Waals surface area contributed by atoms with Gasteiger partial charge >= 0.3 is 0 Å². The first kappa shape index (κ1) is 15.5. The highest BCUT2D eigenvalue weighted by Crippen LogP contribution is 2.21. The second-order valence-corrected chi connectivity index (χ2v) is 4.14. The molecule has 8 heteroatoms. The van der Waals surface area contributed by atoms with Gasteiger partial charge in [0.05, 0.1) is 4.92 Å². The van der Waals surface area contributed by atoms with E-state index in [0.717, 1.165) is 0 Å². The van der Waals surface area contributed by atoms with E-state index in [1.54, 1.807) is 19.1 Å². The Kier molecular flexibility index (Phi) is 5.99. The van der Waals surface area contributed by atoms with Crippen molar-refractivity contribution >= 4 is 11.6 Å². The van der Waals surface area contributed by atoms with Gasteiger partial charge < -0.3 is 5.32 Å². The zero-order valence-corrected chi connectivity index (χ0v) is 11.1. The molecule has 1 amide bonds. The van der Waals surface area contributed by atoms with Crippen molar-refractivity contribution in [3.8, 4) is 0 Å². The monoisotopic (exact) mass is 277 g/mol. The molecule has 1 aromatic carbocycles. The van der Waals surface area contributed by atoms with E-state index < -0.39 is 10.8 Å². The number of azide groups is 1. The zero-order valence-electron chi connectivity index (χ0n) is 11.1. The van der Waals surface area contributed by atoms with Gasteiger partial charge in [0.25, 0.3) is 11.6 Å². The van der Waals surface area contributed by atoms with Crippen LogP contribution in [0.25, 0.3) is 10.4 Å². The summed E-state index contributed by atoms with van der Waals surface area (Å²) in [6.07, 6.45) is 1.30. The van der Waals surface area contributed by atoms with Crippen molar-refractivity contribution in [3.05, 3.63) is 49.9 Å². The first-order valence-corrected chi connectivity index (χ1v) is 6.11. The quantitative estimate of drug-likeness (QED) is 0.206. The van der Waals surface area contributed by atoms with E-state index in [-0.39, 0.29) is 11.3 Å². The third-order valence-corrected chi connectivity index (χ3v) is 2.71. The molecule has 0 atom stereocenters. The summed E-state index contributed by atoms with van der Waals surface area (Å²) in [5, 5.41) is 16.9. The maximum atomic E-state index is 12.0. The topological polar surface area (TPSA) is 121 Å². The molecule has 0 saturated heterocycles. The van der Waals surface area contributed by atoms with Crippen molar-refractivity contribution < 1.29 is 9.72 Å². The Morgan fingerprint density at radius 3 is 2.90 bits per heavy atom. The molecule has 0 saturated carbocycles. The minimum Gasteiger partial charge on any atom is -0.352 e. The molecule has 1 aromatic rings. The van der Waals surface area contributed by atoms with Gasteiger partial charge in [-0.3, -0.25) is 14.9 Å². The smallest absolute Gasteiger partial charge is 0.282 e. The van der Waals surface area contributed by atoms with E-state index >= 15 is 0 Å². The number of hydrogen-bond acceptors (Lipinski definition) is 4. The number of unbranched alkanes of at least 4 members (excludes halogenated alkanes) is 1. The summed E-state index contributed by atoms with van der Waals surface area (Å²) in [5.41, 5.74) is 8.55. The molecule has 0 fully saturated rings. The van der Waals surface area contributed by atoms with Crippen LogP contribution in [0.2, 0.25) is 0 Å². The number of nitro groups is 1. The van der Waals surface area contributed by atoms with Gasteiger partial charge in [0.15, 0.2) is 0 Å². The highest BCUT2D eigenvalue weighted by Gasteiger charge is 2.21. The van der Waals surface area contributed by atoms with Crippen LogP contribution in [0.1, 0.15) is 28.8 Å². The highest BCUT2D eigenvalue weighted by atomic mass is 16.6. The van der Waals surface area contributed by atoms with Gasteiger partial charge in [-0.1, -0.05) is 17.2 Å². The van der Waals surface area contributed by atoms with Gasteiger partial charge in [-0.15, -0.1) is 0 Å². The SMILES string of the molecule is Cc1cccc([N+](=O)[O-])c1C(=O)NCCCCN=[N+]=[N-]. The Labute approximate surface area is 115 Å². The van der Waals surface area contributed by atoms with Crippen LogP contribution in [0, 0.1) is 17.0 Å². The molecular formula is C12H15N5O3. The van der Waals surface area contributed by atoms with Gasteiger partial charge in [0, 0.05) is 24.1 Å². The lowest BCUT2D eigenvalue weighted by Gasteiger charge is -2.07. The fourth-order valence-electron chi connectivity index (χ4n) is 1.74. The van der Waals surface area contributed by atoms with Crippen LogP contribution in [0.4, 0.5) is 5.69 Å².